The molecule has 0 bridgehead atoms. The zero-order chi connectivity index (χ0) is 46.4. The van der Waals surface area contributed by atoms with E-state index in [0.29, 0.717) is 0 Å². The molecule has 0 atom stereocenters. The van der Waals surface area contributed by atoms with Gasteiger partial charge in [0.25, 0.3) is 0 Å². The molecular weight excluding hydrogens is 845 g/mol. The second kappa shape index (κ2) is 17.4. The molecule has 2 nitrogen and oxygen atoms in total. The molecule has 0 saturated heterocycles. The van der Waals surface area contributed by atoms with Crippen molar-refractivity contribution in [3.8, 4) is 61.3 Å². The van der Waals surface area contributed by atoms with E-state index in [4.69, 9.17) is 0 Å². The molecule has 0 fully saturated rings. The lowest BCUT2D eigenvalue weighted by Gasteiger charge is -2.29. The highest BCUT2D eigenvalue weighted by Crippen LogP contribution is 2.45. The maximum absolute atomic E-state index is 2.44. The second-order valence-electron chi connectivity index (χ2n) is 18.1. The normalized spacial score (nSPS) is 11.4. The van der Waals surface area contributed by atoms with Crippen LogP contribution in [0.4, 0.5) is 17.1 Å². The Labute approximate surface area is 408 Å². The summed E-state index contributed by atoms with van der Waals surface area (Å²) in [5.41, 5.74) is 18.5. The lowest BCUT2D eigenvalue weighted by Crippen LogP contribution is -2.11. The number of aromatic nitrogens is 1. The van der Waals surface area contributed by atoms with Gasteiger partial charge in [-0.05, 0) is 138 Å². The van der Waals surface area contributed by atoms with Gasteiger partial charge in [0, 0.05) is 33.4 Å². The van der Waals surface area contributed by atoms with Gasteiger partial charge in [-0.15, -0.1) is 0 Å². The van der Waals surface area contributed by atoms with E-state index in [1.807, 2.05) is 0 Å². The van der Waals surface area contributed by atoms with E-state index in [0.717, 1.165) is 50.6 Å². The molecule has 0 radical (unpaired) electrons. The SMILES string of the molecule is c1ccc(-c2ccc(-c3ccc(N(c4ccc(-c5cccc(-n6c7ccccc7c7ccccc76)c5)cc4)c4cc(-c5ccc6ccccc6c5)ccc4-c4ccc5ccccc5c4)cc3)cc2)cc1. The number of hydrogen-bond donors (Lipinski definition) is 0. The largest absolute Gasteiger partial charge is 0.310 e. The van der Waals surface area contributed by atoms with Gasteiger partial charge < -0.3 is 9.47 Å². The summed E-state index contributed by atoms with van der Waals surface area (Å²) in [7, 11) is 0. The molecule has 1 heterocycles. The molecule has 328 valence electrons. The second-order valence-corrected chi connectivity index (χ2v) is 18.1. The Morgan fingerprint density at radius 3 is 1.24 bits per heavy atom. The minimum atomic E-state index is 1.07. The predicted octanol–water partition coefficient (Wildman–Crippen LogP) is 18.9. The van der Waals surface area contributed by atoms with Crippen LogP contribution in [0.1, 0.15) is 0 Å². The van der Waals surface area contributed by atoms with E-state index in [9.17, 15) is 0 Å². The van der Waals surface area contributed by atoms with Gasteiger partial charge in [0.15, 0.2) is 0 Å². The number of rotatable bonds is 9. The molecule has 0 spiro atoms. The minimum Gasteiger partial charge on any atom is -0.310 e. The van der Waals surface area contributed by atoms with Crippen LogP contribution in [-0.4, -0.2) is 4.57 Å². The molecule has 0 unspecified atom stereocenters. The van der Waals surface area contributed by atoms with Gasteiger partial charge in [-0.1, -0.05) is 212 Å². The van der Waals surface area contributed by atoms with Crippen molar-refractivity contribution in [1.82, 2.24) is 4.57 Å². The van der Waals surface area contributed by atoms with Gasteiger partial charge in [-0.25, -0.2) is 0 Å². The molecule has 13 aromatic rings. The van der Waals surface area contributed by atoms with Crippen LogP contribution in [0.3, 0.4) is 0 Å². The van der Waals surface area contributed by atoms with E-state index in [1.54, 1.807) is 0 Å². The van der Waals surface area contributed by atoms with Crippen LogP contribution in [0.15, 0.2) is 279 Å². The first-order chi connectivity index (χ1) is 34.7. The van der Waals surface area contributed by atoms with Gasteiger partial charge >= 0.3 is 0 Å². The fourth-order valence-corrected chi connectivity index (χ4v) is 10.4. The highest BCUT2D eigenvalue weighted by Gasteiger charge is 2.20. The summed E-state index contributed by atoms with van der Waals surface area (Å²) in [6, 6.07) is 102. The van der Waals surface area contributed by atoms with E-state index in [1.165, 1.54) is 71.2 Å². The summed E-state index contributed by atoms with van der Waals surface area (Å²) in [4.78, 5) is 2.44. The van der Waals surface area contributed by atoms with Crippen LogP contribution in [-0.2, 0) is 0 Å². The molecule has 0 amide bonds. The van der Waals surface area contributed by atoms with E-state index >= 15 is 0 Å². The lowest BCUT2D eigenvalue weighted by atomic mass is 9.94. The van der Waals surface area contributed by atoms with E-state index < -0.39 is 0 Å². The van der Waals surface area contributed by atoms with Crippen LogP contribution in [0.25, 0.3) is 105 Å². The summed E-state index contributed by atoms with van der Waals surface area (Å²) in [6.07, 6.45) is 0. The van der Waals surface area contributed by atoms with Crippen LogP contribution < -0.4 is 4.90 Å². The summed E-state index contributed by atoms with van der Waals surface area (Å²) in [5.74, 6) is 0. The van der Waals surface area contributed by atoms with Crippen molar-refractivity contribution in [2.75, 3.05) is 4.90 Å². The molecule has 13 rings (SSSR count). The highest BCUT2D eigenvalue weighted by atomic mass is 15.1. The summed E-state index contributed by atoms with van der Waals surface area (Å²) in [6.45, 7) is 0. The Morgan fingerprint density at radius 1 is 0.243 bits per heavy atom. The third-order valence-corrected chi connectivity index (χ3v) is 14.0. The molecule has 0 aliphatic rings. The summed E-state index contributed by atoms with van der Waals surface area (Å²) in [5, 5.41) is 7.41. The number of benzene rings is 12. The Hall–Kier alpha value is -9.24. The van der Waals surface area contributed by atoms with Crippen molar-refractivity contribution in [3.05, 3.63) is 279 Å². The van der Waals surface area contributed by atoms with Gasteiger partial charge in [-0.3, -0.25) is 0 Å². The van der Waals surface area contributed by atoms with Crippen molar-refractivity contribution in [3.63, 3.8) is 0 Å². The van der Waals surface area contributed by atoms with Crippen molar-refractivity contribution < 1.29 is 0 Å². The van der Waals surface area contributed by atoms with Gasteiger partial charge in [0.1, 0.15) is 0 Å². The molecule has 2 heteroatoms. The average molecular weight is 891 g/mol. The average Bonchev–Trinajstić information content (AvgIpc) is 3.78. The molecule has 1 aromatic heterocycles. The van der Waals surface area contributed by atoms with Crippen LogP contribution >= 0.6 is 0 Å². The first-order valence-corrected chi connectivity index (χ1v) is 24.1. The number of para-hydroxylation sites is 2. The van der Waals surface area contributed by atoms with Gasteiger partial charge in [0.2, 0.25) is 0 Å². The molecule has 0 N–H and O–H groups in total. The predicted molar refractivity (Wildman–Crippen MR) is 298 cm³/mol. The first kappa shape index (κ1) is 41.0. The third-order valence-electron chi connectivity index (χ3n) is 14.0. The fourth-order valence-electron chi connectivity index (χ4n) is 10.4. The topological polar surface area (TPSA) is 8.17 Å². The van der Waals surface area contributed by atoms with E-state index in [-0.39, 0.29) is 0 Å². The fraction of sp³-hybridized carbons (Fsp3) is 0. The standard InChI is InChI=1S/C68H46N2/c1-2-13-47(14-3-1)50-25-27-51(28-26-50)52-33-38-60(39-34-52)69(61-40-35-53(36-41-61)56-19-12-20-62(45-56)70-66-23-10-8-21-64(66)65-22-9-11-24-67(65)70)68-46-58(57-31-29-48-15-4-6-17-54(48)43-57)37-42-63(68)59-32-30-49-16-5-7-18-55(49)44-59/h1-46H. The Kier molecular flexibility index (Phi) is 10.2. The maximum atomic E-state index is 2.44. The number of anilines is 3. The van der Waals surface area contributed by atoms with Gasteiger partial charge in [0.05, 0.1) is 16.7 Å². The highest BCUT2D eigenvalue weighted by molar-refractivity contribution is 6.09. The maximum Gasteiger partial charge on any atom is 0.0546 e. The zero-order valence-corrected chi connectivity index (χ0v) is 38.5. The molecule has 0 aliphatic heterocycles. The molecule has 12 aromatic carbocycles. The van der Waals surface area contributed by atoms with Crippen molar-refractivity contribution >= 4 is 60.4 Å². The van der Waals surface area contributed by atoms with Crippen LogP contribution in [0.2, 0.25) is 0 Å². The van der Waals surface area contributed by atoms with Crippen molar-refractivity contribution in [1.29, 1.82) is 0 Å². The quantitative estimate of drug-likeness (QED) is 0.140. The molecule has 0 aliphatic carbocycles. The van der Waals surface area contributed by atoms with Crippen LogP contribution in [0, 0.1) is 0 Å². The molecule has 70 heavy (non-hydrogen) atoms. The van der Waals surface area contributed by atoms with Gasteiger partial charge in [-0.2, -0.15) is 0 Å². The number of hydrogen-bond acceptors (Lipinski definition) is 1. The molecule has 0 saturated carbocycles. The lowest BCUT2D eigenvalue weighted by molar-refractivity contribution is 1.18. The first-order valence-electron chi connectivity index (χ1n) is 24.1. The number of fused-ring (bicyclic) bond motifs is 5. The Morgan fingerprint density at radius 2 is 0.643 bits per heavy atom. The number of nitrogens with zero attached hydrogens (tertiary/aromatic N) is 2. The minimum absolute atomic E-state index is 1.07. The third kappa shape index (κ3) is 7.49. The summed E-state index contributed by atoms with van der Waals surface area (Å²) < 4.78 is 2.39. The smallest absolute Gasteiger partial charge is 0.0546 e. The van der Waals surface area contributed by atoms with Crippen molar-refractivity contribution in [2.24, 2.45) is 0 Å². The Balaban J connectivity index is 0.952. The monoisotopic (exact) mass is 890 g/mol. The Bertz CT molecular complexity index is 3980. The van der Waals surface area contributed by atoms with Crippen molar-refractivity contribution in [2.45, 2.75) is 0 Å². The van der Waals surface area contributed by atoms with E-state index in [2.05, 4.69) is 289 Å². The zero-order valence-electron chi connectivity index (χ0n) is 38.5. The van der Waals surface area contributed by atoms with Crippen LogP contribution in [0.5, 0.6) is 0 Å². The molecular formula is C68H46N2. The summed E-state index contributed by atoms with van der Waals surface area (Å²) >= 11 is 0.